The van der Waals surface area contributed by atoms with E-state index in [1.54, 1.807) is 13.0 Å². The van der Waals surface area contributed by atoms with Crippen LogP contribution in [0.15, 0.2) is 12.7 Å². The largest absolute Gasteiger partial charge is 0.469 e. The summed E-state index contributed by atoms with van der Waals surface area (Å²) < 4.78 is 4.64. The van der Waals surface area contributed by atoms with Crippen molar-refractivity contribution in [3.63, 3.8) is 0 Å². The van der Waals surface area contributed by atoms with Gasteiger partial charge in [0.2, 0.25) is 0 Å². The molecule has 0 heterocycles. The van der Waals surface area contributed by atoms with Gasteiger partial charge < -0.3 is 4.74 Å². The lowest BCUT2D eigenvalue weighted by Crippen LogP contribution is -2.33. The number of hydrogen-bond donors (Lipinski definition) is 0. The molecule has 0 saturated heterocycles. The van der Waals surface area contributed by atoms with Crippen molar-refractivity contribution in [2.24, 2.45) is 17.8 Å². The molecule has 1 saturated carbocycles. The summed E-state index contributed by atoms with van der Waals surface area (Å²) in [5.41, 5.74) is 0. The van der Waals surface area contributed by atoms with Gasteiger partial charge in [-0.3, -0.25) is 14.4 Å². The zero-order valence-corrected chi connectivity index (χ0v) is 10.3. The molecule has 1 rings (SSSR count). The topological polar surface area (TPSA) is 60.4 Å². The molecule has 1 aliphatic rings. The number of rotatable bonds is 5. The van der Waals surface area contributed by atoms with Gasteiger partial charge in [0.15, 0.2) is 0 Å². The van der Waals surface area contributed by atoms with Gasteiger partial charge >= 0.3 is 5.97 Å². The van der Waals surface area contributed by atoms with E-state index in [0.717, 1.165) is 0 Å². The van der Waals surface area contributed by atoms with E-state index in [-0.39, 0.29) is 23.9 Å². The second kappa shape index (κ2) is 5.75. The molecule has 0 N–H and O–H groups in total. The molecular weight excluding hydrogens is 220 g/mol. The Morgan fingerprint density at radius 2 is 2.24 bits per heavy atom. The van der Waals surface area contributed by atoms with Gasteiger partial charge in [0.25, 0.3) is 0 Å². The van der Waals surface area contributed by atoms with Gasteiger partial charge in [-0.15, -0.1) is 6.58 Å². The van der Waals surface area contributed by atoms with Crippen molar-refractivity contribution in [3.05, 3.63) is 12.7 Å². The van der Waals surface area contributed by atoms with Crippen molar-refractivity contribution in [1.29, 1.82) is 0 Å². The molecule has 0 spiro atoms. The molecule has 1 unspecified atom stereocenters. The number of Topliss-reactive ketones (excluding diaryl/α,β-unsaturated/α-hetero) is 2. The molecule has 4 nitrogen and oxygen atoms in total. The summed E-state index contributed by atoms with van der Waals surface area (Å²) >= 11 is 0. The van der Waals surface area contributed by atoms with Crippen molar-refractivity contribution in [2.45, 2.75) is 26.2 Å². The first-order valence-electron chi connectivity index (χ1n) is 5.78. The van der Waals surface area contributed by atoms with Crippen LogP contribution >= 0.6 is 0 Å². The van der Waals surface area contributed by atoms with Gasteiger partial charge in [0.05, 0.1) is 18.9 Å². The highest BCUT2D eigenvalue weighted by Crippen LogP contribution is 2.32. The van der Waals surface area contributed by atoms with Crippen molar-refractivity contribution in [2.75, 3.05) is 7.11 Å². The summed E-state index contributed by atoms with van der Waals surface area (Å²) in [5.74, 6) is -2.43. The number of ketones is 2. The van der Waals surface area contributed by atoms with Crippen molar-refractivity contribution in [1.82, 2.24) is 0 Å². The molecule has 17 heavy (non-hydrogen) atoms. The maximum Gasteiger partial charge on any atom is 0.309 e. The Morgan fingerprint density at radius 3 is 2.76 bits per heavy atom. The average molecular weight is 238 g/mol. The van der Waals surface area contributed by atoms with E-state index in [1.807, 2.05) is 0 Å². The fraction of sp³-hybridized carbons (Fsp3) is 0.615. The van der Waals surface area contributed by atoms with E-state index in [0.29, 0.717) is 12.8 Å². The summed E-state index contributed by atoms with van der Waals surface area (Å²) in [6.07, 6.45) is 2.88. The Hall–Kier alpha value is -1.45. The number of ether oxygens (including phenoxy) is 1. The number of methoxy groups -OCH3 is 1. The fourth-order valence-electron chi connectivity index (χ4n) is 2.28. The Kier molecular flexibility index (Phi) is 4.61. The van der Waals surface area contributed by atoms with Crippen molar-refractivity contribution >= 4 is 17.5 Å². The van der Waals surface area contributed by atoms with Gasteiger partial charge in [-0.25, -0.2) is 0 Å². The third-order valence-corrected chi connectivity index (χ3v) is 3.27. The second-order valence-electron chi connectivity index (χ2n) is 4.44. The number of allylic oxidation sites excluding steroid dienone is 1. The monoisotopic (exact) mass is 238 g/mol. The van der Waals surface area contributed by atoms with E-state index in [1.165, 1.54) is 7.11 Å². The normalized spacial score (nSPS) is 25.4. The minimum absolute atomic E-state index is 0.138. The molecule has 0 amide bonds. The fourth-order valence-corrected chi connectivity index (χ4v) is 2.28. The van der Waals surface area contributed by atoms with E-state index in [4.69, 9.17) is 0 Å². The first-order valence-corrected chi connectivity index (χ1v) is 5.78. The summed E-state index contributed by atoms with van der Waals surface area (Å²) in [4.78, 5) is 35.3. The Balaban J connectivity index is 2.84. The van der Waals surface area contributed by atoms with Crippen LogP contribution in [-0.2, 0) is 19.1 Å². The molecule has 94 valence electrons. The van der Waals surface area contributed by atoms with Crippen LogP contribution in [0.2, 0.25) is 0 Å². The Labute approximate surface area is 101 Å². The first kappa shape index (κ1) is 13.6. The van der Waals surface area contributed by atoms with Gasteiger partial charge in [-0.05, 0) is 12.8 Å². The third-order valence-electron chi connectivity index (χ3n) is 3.27. The predicted octanol–water partition coefficient (Wildman–Crippen LogP) is 1.54. The standard InChI is InChI=1S/C13H18O4/c1-4-5-8(2)12(15)11-9(13(16)17-3)6-7-10(11)14/h4,8-9,11H,1,5-7H2,2-3H3/t8-,9+,11?/m0/s1. The molecule has 1 fully saturated rings. The number of hydrogen-bond acceptors (Lipinski definition) is 4. The maximum absolute atomic E-state index is 12.1. The van der Waals surface area contributed by atoms with Gasteiger partial charge in [0.1, 0.15) is 11.6 Å². The van der Waals surface area contributed by atoms with Crippen LogP contribution in [0, 0.1) is 17.8 Å². The zero-order chi connectivity index (χ0) is 13.0. The average Bonchev–Trinajstić information content (AvgIpc) is 2.69. The molecule has 0 aromatic heterocycles. The molecule has 0 radical (unpaired) electrons. The predicted molar refractivity (Wildman–Crippen MR) is 62.2 cm³/mol. The molecular formula is C13H18O4. The number of esters is 1. The Bertz CT molecular complexity index is 345. The van der Waals surface area contributed by atoms with Crippen LogP contribution in [-0.4, -0.2) is 24.6 Å². The molecule has 3 atom stereocenters. The van der Waals surface area contributed by atoms with Crippen molar-refractivity contribution in [3.8, 4) is 0 Å². The minimum Gasteiger partial charge on any atom is -0.469 e. The molecule has 1 aliphatic carbocycles. The van der Waals surface area contributed by atoms with E-state index < -0.39 is 17.8 Å². The van der Waals surface area contributed by atoms with Crippen LogP contribution in [0.4, 0.5) is 0 Å². The maximum atomic E-state index is 12.1. The van der Waals surface area contributed by atoms with Gasteiger partial charge in [-0.2, -0.15) is 0 Å². The molecule has 0 aromatic rings. The van der Waals surface area contributed by atoms with Gasteiger partial charge in [0, 0.05) is 12.3 Å². The quantitative estimate of drug-likeness (QED) is 0.414. The zero-order valence-electron chi connectivity index (χ0n) is 10.3. The van der Waals surface area contributed by atoms with Gasteiger partial charge in [-0.1, -0.05) is 13.0 Å². The lowest BCUT2D eigenvalue weighted by Gasteiger charge is -2.18. The third kappa shape index (κ3) is 2.81. The highest BCUT2D eigenvalue weighted by Gasteiger charge is 2.45. The lowest BCUT2D eigenvalue weighted by atomic mass is 9.84. The van der Waals surface area contributed by atoms with Crippen LogP contribution in [0.1, 0.15) is 26.2 Å². The van der Waals surface area contributed by atoms with Crippen LogP contribution in [0.5, 0.6) is 0 Å². The van der Waals surface area contributed by atoms with E-state index in [2.05, 4.69) is 11.3 Å². The molecule has 4 heteroatoms. The summed E-state index contributed by atoms with van der Waals surface area (Å²) in [5, 5.41) is 0. The SMILES string of the molecule is C=CC[C@H](C)C(=O)C1C(=O)CC[C@H]1C(=O)OC. The number of carbonyl (C=O) groups is 3. The smallest absolute Gasteiger partial charge is 0.309 e. The van der Waals surface area contributed by atoms with Crippen LogP contribution in [0.25, 0.3) is 0 Å². The second-order valence-corrected chi connectivity index (χ2v) is 4.44. The molecule has 0 aliphatic heterocycles. The summed E-state index contributed by atoms with van der Waals surface area (Å²) in [7, 11) is 1.28. The summed E-state index contributed by atoms with van der Waals surface area (Å²) in [6, 6.07) is 0. The van der Waals surface area contributed by atoms with Crippen molar-refractivity contribution < 1.29 is 19.1 Å². The Morgan fingerprint density at radius 1 is 1.59 bits per heavy atom. The van der Waals surface area contributed by atoms with Crippen LogP contribution < -0.4 is 0 Å². The minimum atomic E-state index is -0.808. The molecule has 0 bridgehead atoms. The highest BCUT2D eigenvalue weighted by atomic mass is 16.5. The molecule has 0 aromatic carbocycles. The van der Waals surface area contributed by atoms with Crippen LogP contribution in [0.3, 0.4) is 0 Å². The first-order chi connectivity index (χ1) is 8.02. The number of carbonyl (C=O) groups excluding carboxylic acids is 3. The lowest BCUT2D eigenvalue weighted by molar-refractivity contribution is -0.151. The summed E-state index contributed by atoms with van der Waals surface area (Å²) in [6.45, 7) is 5.32. The highest BCUT2D eigenvalue weighted by molar-refractivity contribution is 6.08. The van der Waals surface area contributed by atoms with E-state index in [9.17, 15) is 14.4 Å². The van der Waals surface area contributed by atoms with E-state index >= 15 is 0 Å².